The highest BCUT2D eigenvalue weighted by molar-refractivity contribution is 8.13. The van der Waals surface area contributed by atoms with E-state index >= 15 is 0 Å². The van der Waals surface area contributed by atoms with Crippen LogP contribution in [0.1, 0.15) is 57.7 Å². The summed E-state index contributed by atoms with van der Waals surface area (Å²) in [5.41, 5.74) is 0. The molecule has 0 bridgehead atoms. The highest BCUT2D eigenvalue weighted by atomic mass is 32.2. The summed E-state index contributed by atoms with van der Waals surface area (Å²) in [5.74, 6) is 1.22. The van der Waals surface area contributed by atoms with Gasteiger partial charge in [-0.05, 0) is 12.8 Å². The predicted molar refractivity (Wildman–Crippen MR) is 76.4 cm³/mol. The lowest BCUT2D eigenvalue weighted by atomic mass is 9.96. The van der Waals surface area contributed by atoms with E-state index in [9.17, 15) is 4.79 Å². The Bertz CT molecular complexity index is 438. The van der Waals surface area contributed by atoms with Crippen LogP contribution in [-0.4, -0.2) is 26.0 Å². The Hall–Kier alpha value is -1.04. The predicted octanol–water partition coefficient (Wildman–Crippen LogP) is 3.07. The van der Waals surface area contributed by atoms with E-state index in [0.29, 0.717) is 17.1 Å². The van der Waals surface area contributed by atoms with Crippen molar-refractivity contribution in [2.45, 2.75) is 63.1 Å². The third-order valence-electron chi connectivity index (χ3n) is 3.50. The number of carbonyl (C=O) groups excluding carboxylic acids is 1. The maximum atomic E-state index is 12.0. The number of hydrogen-bond acceptors (Lipinski definition) is 4. The molecule has 19 heavy (non-hydrogen) atoms. The number of carbonyl (C=O) groups is 1. The van der Waals surface area contributed by atoms with Crippen LogP contribution in [0.4, 0.5) is 4.79 Å². The molecule has 0 saturated heterocycles. The molecule has 0 radical (unpaired) electrons. The first-order valence-corrected chi connectivity index (χ1v) is 7.77. The van der Waals surface area contributed by atoms with E-state index in [1.54, 1.807) is 0 Å². The molecule has 1 fully saturated rings. The van der Waals surface area contributed by atoms with E-state index in [1.165, 1.54) is 19.3 Å². The first-order valence-electron chi connectivity index (χ1n) is 6.95. The van der Waals surface area contributed by atoms with Crippen molar-refractivity contribution in [1.29, 1.82) is 0 Å². The molecule has 5 nitrogen and oxygen atoms in total. The van der Waals surface area contributed by atoms with Crippen molar-refractivity contribution >= 4 is 17.0 Å². The largest absolute Gasteiger partial charge is 0.344 e. The first-order chi connectivity index (χ1) is 9.08. The SMILES string of the molecule is CC(C)c1nnc(SC(=O)NC2CCCCC2)n1C. The van der Waals surface area contributed by atoms with Crippen molar-refractivity contribution in [3.05, 3.63) is 5.82 Å². The highest BCUT2D eigenvalue weighted by Gasteiger charge is 2.19. The van der Waals surface area contributed by atoms with Gasteiger partial charge in [0.2, 0.25) is 0 Å². The molecule has 6 heteroatoms. The third-order valence-corrected chi connectivity index (χ3v) is 4.34. The molecule has 2 rings (SSSR count). The molecule has 1 N–H and O–H groups in total. The Morgan fingerprint density at radius 3 is 2.58 bits per heavy atom. The van der Waals surface area contributed by atoms with E-state index in [0.717, 1.165) is 30.4 Å². The van der Waals surface area contributed by atoms with Gasteiger partial charge in [0.25, 0.3) is 5.24 Å². The van der Waals surface area contributed by atoms with Crippen LogP contribution in [-0.2, 0) is 7.05 Å². The highest BCUT2D eigenvalue weighted by Crippen LogP contribution is 2.22. The summed E-state index contributed by atoms with van der Waals surface area (Å²) in [6, 6.07) is 0.339. The van der Waals surface area contributed by atoms with E-state index in [2.05, 4.69) is 29.4 Å². The lowest BCUT2D eigenvalue weighted by molar-refractivity contribution is 0.253. The number of hydrogen-bond donors (Lipinski definition) is 1. The zero-order valence-corrected chi connectivity index (χ0v) is 12.7. The monoisotopic (exact) mass is 282 g/mol. The van der Waals surface area contributed by atoms with Gasteiger partial charge in [-0.3, -0.25) is 4.79 Å². The number of rotatable bonds is 3. The number of nitrogens with one attached hydrogen (secondary N) is 1. The standard InChI is InChI=1S/C13H22N4OS/c1-9(2)11-15-16-12(17(11)3)19-13(18)14-10-7-5-4-6-8-10/h9-10H,4-8H2,1-3H3,(H,14,18). The van der Waals surface area contributed by atoms with Crippen LogP contribution < -0.4 is 5.32 Å². The second-order valence-electron chi connectivity index (χ2n) is 5.42. The lowest BCUT2D eigenvalue weighted by Gasteiger charge is -2.22. The number of nitrogens with zero attached hydrogens (tertiary/aromatic N) is 3. The van der Waals surface area contributed by atoms with E-state index in [4.69, 9.17) is 0 Å². The maximum Gasteiger partial charge on any atom is 0.287 e. The Balaban J connectivity index is 1.91. The molecular formula is C13H22N4OS. The summed E-state index contributed by atoms with van der Waals surface area (Å²) in [6.07, 6.45) is 5.93. The smallest absolute Gasteiger partial charge is 0.287 e. The summed E-state index contributed by atoms with van der Waals surface area (Å²) in [7, 11) is 1.91. The van der Waals surface area contributed by atoms with Gasteiger partial charge in [0.15, 0.2) is 5.16 Å². The fourth-order valence-electron chi connectivity index (χ4n) is 2.44. The molecular weight excluding hydrogens is 260 g/mol. The molecule has 0 atom stereocenters. The second kappa shape index (κ2) is 6.41. The maximum absolute atomic E-state index is 12.0. The third kappa shape index (κ3) is 3.72. The van der Waals surface area contributed by atoms with Crippen molar-refractivity contribution in [2.75, 3.05) is 0 Å². The quantitative estimate of drug-likeness (QED) is 0.866. The molecule has 0 aliphatic heterocycles. The van der Waals surface area contributed by atoms with Crippen molar-refractivity contribution in [3.63, 3.8) is 0 Å². The molecule has 106 valence electrons. The van der Waals surface area contributed by atoms with Crippen LogP contribution in [0.5, 0.6) is 0 Å². The molecule has 1 aromatic rings. The fraction of sp³-hybridized carbons (Fsp3) is 0.769. The zero-order valence-electron chi connectivity index (χ0n) is 11.8. The average molecular weight is 282 g/mol. The van der Waals surface area contributed by atoms with Gasteiger partial charge < -0.3 is 9.88 Å². The van der Waals surface area contributed by atoms with Crippen LogP contribution in [0.3, 0.4) is 0 Å². The van der Waals surface area contributed by atoms with Crippen molar-refractivity contribution in [2.24, 2.45) is 7.05 Å². The molecule has 0 aromatic carbocycles. The van der Waals surface area contributed by atoms with Crippen LogP contribution in [0.15, 0.2) is 5.16 Å². The molecule has 0 unspecified atom stereocenters. The van der Waals surface area contributed by atoms with Gasteiger partial charge in [0.05, 0.1) is 0 Å². The van der Waals surface area contributed by atoms with E-state index in [-0.39, 0.29) is 5.24 Å². The van der Waals surface area contributed by atoms with Crippen LogP contribution >= 0.6 is 11.8 Å². The van der Waals surface area contributed by atoms with Gasteiger partial charge in [0.1, 0.15) is 5.82 Å². The Labute approximate surface area is 118 Å². The van der Waals surface area contributed by atoms with Crippen molar-refractivity contribution < 1.29 is 4.79 Å². The number of thioether (sulfide) groups is 1. The van der Waals surface area contributed by atoms with Crippen LogP contribution in [0.2, 0.25) is 0 Å². The van der Waals surface area contributed by atoms with Gasteiger partial charge >= 0.3 is 0 Å². The molecule has 1 amide bonds. The van der Waals surface area contributed by atoms with E-state index in [1.807, 2.05) is 11.6 Å². The number of aromatic nitrogens is 3. The van der Waals surface area contributed by atoms with Crippen LogP contribution in [0, 0.1) is 0 Å². The summed E-state index contributed by atoms with van der Waals surface area (Å²) >= 11 is 1.14. The fourth-order valence-corrected chi connectivity index (χ4v) is 3.15. The molecule has 1 aromatic heterocycles. The Morgan fingerprint density at radius 2 is 2.00 bits per heavy atom. The summed E-state index contributed by atoms with van der Waals surface area (Å²) in [6.45, 7) is 4.14. The summed E-state index contributed by atoms with van der Waals surface area (Å²) < 4.78 is 1.90. The lowest BCUT2D eigenvalue weighted by Crippen LogP contribution is -2.33. The summed E-state index contributed by atoms with van der Waals surface area (Å²) in [4.78, 5) is 12.0. The first kappa shape index (κ1) is 14.4. The van der Waals surface area contributed by atoms with Gasteiger partial charge in [-0.15, -0.1) is 10.2 Å². The van der Waals surface area contributed by atoms with E-state index < -0.39 is 0 Å². The van der Waals surface area contributed by atoms with Gasteiger partial charge in [-0.2, -0.15) is 0 Å². The average Bonchev–Trinajstić information content (AvgIpc) is 2.72. The second-order valence-corrected chi connectivity index (χ2v) is 6.36. The molecule has 1 aliphatic rings. The minimum Gasteiger partial charge on any atom is -0.344 e. The van der Waals surface area contributed by atoms with Gasteiger partial charge in [0, 0.05) is 30.8 Å². The normalized spacial score (nSPS) is 16.8. The topological polar surface area (TPSA) is 59.8 Å². The van der Waals surface area contributed by atoms with Crippen molar-refractivity contribution in [3.8, 4) is 0 Å². The van der Waals surface area contributed by atoms with Crippen LogP contribution in [0.25, 0.3) is 0 Å². The number of amides is 1. The van der Waals surface area contributed by atoms with Crippen molar-refractivity contribution in [1.82, 2.24) is 20.1 Å². The van der Waals surface area contributed by atoms with Gasteiger partial charge in [-0.1, -0.05) is 33.1 Å². The van der Waals surface area contributed by atoms with Gasteiger partial charge in [-0.25, -0.2) is 0 Å². The molecule has 1 heterocycles. The Morgan fingerprint density at radius 1 is 1.32 bits per heavy atom. The Kier molecular flexibility index (Phi) is 4.85. The molecule has 1 saturated carbocycles. The minimum atomic E-state index is -0.0160. The summed E-state index contributed by atoms with van der Waals surface area (Å²) in [5, 5.41) is 11.9. The zero-order chi connectivity index (χ0) is 13.8. The minimum absolute atomic E-state index is 0.0160. The molecule has 0 spiro atoms. The molecule has 1 aliphatic carbocycles.